The van der Waals surface area contributed by atoms with E-state index in [0.29, 0.717) is 31.0 Å². The normalized spacial score (nSPS) is 16.4. The van der Waals surface area contributed by atoms with Gasteiger partial charge in [-0.1, -0.05) is 30.7 Å². The third kappa shape index (κ3) is 6.42. The lowest BCUT2D eigenvalue weighted by Crippen LogP contribution is -2.49. The predicted molar refractivity (Wildman–Crippen MR) is 134 cm³/mol. The van der Waals surface area contributed by atoms with Crippen LogP contribution in [-0.2, 0) is 19.4 Å². The van der Waals surface area contributed by atoms with E-state index in [1.165, 1.54) is 0 Å². The standard InChI is InChI=1S/C25H33ClN2O5S/c1-17(16-34(31,32)22-9-7-18-14-20(26)8-6-19(18)15-22)23(29)27(5)21-10-12-28(13-11-21)24(30)33-25(2,3)4/h6-9,14-15,17,21H,10-13,16H2,1-5H3. The number of hydrogen-bond donors (Lipinski definition) is 0. The Kier molecular flexibility index (Phi) is 7.82. The minimum Gasteiger partial charge on any atom is -0.444 e. The van der Waals surface area contributed by atoms with Crippen LogP contribution in [0, 0.1) is 5.92 Å². The number of fused-ring (bicyclic) bond motifs is 1. The number of halogens is 1. The van der Waals surface area contributed by atoms with Gasteiger partial charge in [-0.25, -0.2) is 13.2 Å². The summed E-state index contributed by atoms with van der Waals surface area (Å²) in [4.78, 5) is 28.8. The first-order valence-electron chi connectivity index (χ1n) is 11.4. The Hall–Kier alpha value is -2.32. The average molecular weight is 509 g/mol. The van der Waals surface area contributed by atoms with Gasteiger partial charge >= 0.3 is 6.09 Å². The van der Waals surface area contributed by atoms with Crippen LogP contribution < -0.4 is 0 Å². The van der Waals surface area contributed by atoms with Crippen LogP contribution in [0.4, 0.5) is 4.79 Å². The van der Waals surface area contributed by atoms with Crippen molar-refractivity contribution < 1.29 is 22.7 Å². The van der Waals surface area contributed by atoms with Gasteiger partial charge in [-0.15, -0.1) is 0 Å². The molecule has 186 valence electrons. The fourth-order valence-electron chi connectivity index (χ4n) is 4.17. The van der Waals surface area contributed by atoms with Crippen LogP contribution in [0.1, 0.15) is 40.5 Å². The van der Waals surface area contributed by atoms with Crippen LogP contribution in [-0.4, -0.2) is 67.8 Å². The maximum atomic E-state index is 13.0. The topological polar surface area (TPSA) is 84.0 Å². The van der Waals surface area contributed by atoms with Crippen molar-refractivity contribution in [2.24, 2.45) is 5.92 Å². The predicted octanol–water partition coefficient (Wildman–Crippen LogP) is 4.76. The second kappa shape index (κ2) is 10.1. The second-order valence-electron chi connectivity index (χ2n) is 9.98. The summed E-state index contributed by atoms with van der Waals surface area (Å²) in [5, 5.41) is 2.22. The third-order valence-corrected chi connectivity index (χ3v) is 8.18. The SMILES string of the molecule is CC(CS(=O)(=O)c1ccc2cc(Cl)ccc2c1)C(=O)N(C)C1CCN(C(=O)OC(C)(C)C)CC1. The van der Waals surface area contributed by atoms with E-state index >= 15 is 0 Å². The zero-order chi connectivity index (χ0) is 25.3. The number of likely N-dealkylation sites (tertiary alicyclic amines) is 1. The first-order chi connectivity index (χ1) is 15.8. The van der Waals surface area contributed by atoms with Crippen LogP contribution in [0.5, 0.6) is 0 Å². The van der Waals surface area contributed by atoms with Gasteiger partial charge in [-0.05, 0) is 68.7 Å². The summed E-state index contributed by atoms with van der Waals surface area (Å²) >= 11 is 6.01. The van der Waals surface area contributed by atoms with Crippen molar-refractivity contribution in [2.45, 2.75) is 57.1 Å². The molecule has 1 fully saturated rings. The molecule has 2 aromatic carbocycles. The molecule has 1 saturated heterocycles. The first-order valence-corrected chi connectivity index (χ1v) is 13.5. The molecular formula is C25H33ClN2O5S. The van der Waals surface area contributed by atoms with Crippen molar-refractivity contribution in [3.63, 3.8) is 0 Å². The first kappa shape index (κ1) is 26.3. The number of hydrogen-bond acceptors (Lipinski definition) is 5. The molecule has 2 amide bonds. The number of carbonyl (C=O) groups is 2. The smallest absolute Gasteiger partial charge is 0.410 e. The molecule has 2 aromatic rings. The molecule has 0 spiro atoms. The van der Waals surface area contributed by atoms with E-state index in [1.54, 1.807) is 60.2 Å². The molecule has 1 heterocycles. The van der Waals surface area contributed by atoms with Gasteiger partial charge in [0.1, 0.15) is 5.60 Å². The fourth-order valence-corrected chi connectivity index (χ4v) is 5.93. The largest absolute Gasteiger partial charge is 0.444 e. The van der Waals surface area contributed by atoms with Crippen LogP contribution in [0.2, 0.25) is 5.02 Å². The Morgan fingerprint density at radius 1 is 1.12 bits per heavy atom. The molecule has 0 saturated carbocycles. The number of piperidine rings is 1. The van der Waals surface area contributed by atoms with Crippen LogP contribution in [0.15, 0.2) is 41.3 Å². The fraction of sp³-hybridized carbons (Fsp3) is 0.520. The number of amides is 2. The Labute approximate surface area is 206 Å². The number of carbonyl (C=O) groups excluding carboxylic acids is 2. The molecular weight excluding hydrogens is 476 g/mol. The molecule has 1 aliphatic rings. The Balaban J connectivity index is 1.60. The number of ether oxygens (including phenoxy) is 1. The lowest BCUT2D eigenvalue weighted by atomic mass is 10.0. The number of rotatable bonds is 5. The molecule has 34 heavy (non-hydrogen) atoms. The summed E-state index contributed by atoms with van der Waals surface area (Å²) in [7, 11) is -1.95. The van der Waals surface area contributed by atoms with Gasteiger partial charge in [-0.3, -0.25) is 4.79 Å². The van der Waals surface area contributed by atoms with E-state index in [9.17, 15) is 18.0 Å². The quantitative estimate of drug-likeness (QED) is 0.581. The molecule has 0 N–H and O–H groups in total. The van der Waals surface area contributed by atoms with Gasteiger partial charge in [0.05, 0.1) is 10.6 Å². The molecule has 3 rings (SSSR count). The highest BCUT2D eigenvalue weighted by Crippen LogP contribution is 2.25. The lowest BCUT2D eigenvalue weighted by Gasteiger charge is -2.38. The van der Waals surface area contributed by atoms with Crippen molar-refractivity contribution in [1.82, 2.24) is 9.80 Å². The van der Waals surface area contributed by atoms with Gasteiger partial charge in [0.2, 0.25) is 5.91 Å². The highest BCUT2D eigenvalue weighted by atomic mass is 35.5. The maximum Gasteiger partial charge on any atom is 0.410 e. The van der Waals surface area contributed by atoms with Gasteiger partial charge in [-0.2, -0.15) is 0 Å². The lowest BCUT2D eigenvalue weighted by molar-refractivity contribution is -0.135. The highest BCUT2D eigenvalue weighted by Gasteiger charge is 2.32. The summed E-state index contributed by atoms with van der Waals surface area (Å²) in [6.07, 6.45) is 0.889. The van der Waals surface area contributed by atoms with Crippen molar-refractivity contribution in [3.05, 3.63) is 41.4 Å². The summed E-state index contributed by atoms with van der Waals surface area (Å²) in [5.74, 6) is -1.18. The zero-order valence-electron chi connectivity index (χ0n) is 20.4. The summed E-state index contributed by atoms with van der Waals surface area (Å²) in [6, 6.07) is 10.1. The summed E-state index contributed by atoms with van der Waals surface area (Å²) in [5.41, 5.74) is -0.556. The molecule has 0 aliphatic carbocycles. The van der Waals surface area contributed by atoms with Gasteiger partial charge in [0.25, 0.3) is 0 Å². The average Bonchev–Trinajstić information content (AvgIpc) is 2.76. The number of sulfone groups is 1. The van der Waals surface area contributed by atoms with Crippen LogP contribution in [0.25, 0.3) is 10.8 Å². The molecule has 9 heteroatoms. The van der Waals surface area contributed by atoms with Crippen LogP contribution >= 0.6 is 11.6 Å². The Bertz CT molecular complexity index is 1170. The number of nitrogens with zero attached hydrogens (tertiary/aromatic N) is 2. The highest BCUT2D eigenvalue weighted by molar-refractivity contribution is 7.91. The summed E-state index contributed by atoms with van der Waals surface area (Å²) in [6.45, 7) is 8.11. The van der Waals surface area contributed by atoms with Crippen molar-refractivity contribution in [2.75, 3.05) is 25.9 Å². The number of benzene rings is 2. The van der Waals surface area contributed by atoms with E-state index in [-0.39, 0.29) is 28.7 Å². The molecule has 0 radical (unpaired) electrons. The second-order valence-corrected chi connectivity index (χ2v) is 12.5. The minimum absolute atomic E-state index is 0.0539. The third-order valence-electron chi connectivity index (χ3n) is 6.04. The summed E-state index contributed by atoms with van der Waals surface area (Å²) < 4.78 is 31.5. The molecule has 1 unspecified atom stereocenters. The Morgan fingerprint density at radius 3 is 2.32 bits per heavy atom. The van der Waals surface area contributed by atoms with E-state index in [1.807, 2.05) is 20.8 Å². The van der Waals surface area contributed by atoms with Gasteiger partial charge in [0.15, 0.2) is 9.84 Å². The molecule has 0 bridgehead atoms. The molecule has 0 aromatic heterocycles. The Morgan fingerprint density at radius 2 is 1.71 bits per heavy atom. The molecule has 1 atom stereocenters. The minimum atomic E-state index is -3.66. The van der Waals surface area contributed by atoms with Gasteiger partial charge < -0.3 is 14.5 Å². The monoisotopic (exact) mass is 508 g/mol. The maximum absolute atomic E-state index is 13.0. The van der Waals surface area contributed by atoms with Gasteiger partial charge in [0, 0.05) is 37.1 Å². The van der Waals surface area contributed by atoms with E-state index < -0.39 is 21.4 Å². The molecule has 1 aliphatic heterocycles. The van der Waals surface area contributed by atoms with Crippen molar-refractivity contribution in [1.29, 1.82) is 0 Å². The van der Waals surface area contributed by atoms with E-state index in [4.69, 9.17) is 16.3 Å². The van der Waals surface area contributed by atoms with E-state index in [0.717, 1.165) is 10.8 Å². The van der Waals surface area contributed by atoms with E-state index in [2.05, 4.69) is 0 Å². The zero-order valence-corrected chi connectivity index (χ0v) is 21.9. The van der Waals surface area contributed by atoms with Crippen molar-refractivity contribution >= 4 is 44.2 Å². The van der Waals surface area contributed by atoms with Crippen molar-refractivity contribution in [3.8, 4) is 0 Å². The van der Waals surface area contributed by atoms with Crippen LogP contribution in [0.3, 0.4) is 0 Å². The molecule has 7 nitrogen and oxygen atoms in total.